The van der Waals surface area contributed by atoms with Crippen molar-refractivity contribution in [1.82, 2.24) is 9.78 Å². The zero-order chi connectivity index (χ0) is 17.8. The number of esters is 1. The Hall–Kier alpha value is -2.67. The van der Waals surface area contributed by atoms with E-state index in [1.165, 1.54) is 7.05 Å². The van der Waals surface area contributed by atoms with Crippen LogP contribution in [0, 0.1) is 0 Å². The van der Waals surface area contributed by atoms with Gasteiger partial charge in [0.1, 0.15) is 19.0 Å². The molecule has 0 atom stereocenters. The molecule has 0 amide bonds. The fourth-order valence-electron chi connectivity index (χ4n) is 2.37. The van der Waals surface area contributed by atoms with Gasteiger partial charge in [0.15, 0.2) is 5.69 Å². The van der Waals surface area contributed by atoms with Crippen LogP contribution >= 0.6 is 15.9 Å². The highest BCUT2D eigenvalue weighted by molar-refractivity contribution is 9.10. The number of nitrogens with zero attached hydrogens (tertiary/aromatic N) is 2. The van der Waals surface area contributed by atoms with Crippen molar-refractivity contribution in [3.8, 4) is 5.75 Å². The second kappa shape index (κ2) is 7.48. The van der Waals surface area contributed by atoms with Crippen LogP contribution in [-0.4, -0.2) is 29.0 Å². The van der Waals surface area contributed by atoms with E-state index in [2.05, 4.69) is 21.0 Å². The second-order valence-electron chi connectivity index (χ2n) is 5.26. The molecule has 3 aromatic rings. The number of fused-ring (bicyclic) bond motifs is 1. The van der Waals surface area contributed by atoms with Gasteiger partial charge in [0, 0.05) is 16.9 Å². The highest BCUT2D eigenvalue weighted by Crippen LogP contribution is 2.18. The molecule has 128 valence electrons. The van der Waals surface area contributed by atoms with E-state index in [1.54, 1.807) is 24.3 Å². The van der Waals surface area contributed by atoms with Gasteiger partial charge in [-0.15, -0.1) is 0 Å². The Morgan fingerprint density at radius 3 is 2.64 bits per heavy atom. The maximum Gasteiger partial charge on any atom is 0.359 e. The minimum Gasteiger partial charge on any atom is -0.490 e. The molecule has 0 fully saturated rings. The Balaban J connectivity index is 1.69. The van der Waals surface area contributed by atoms with Crippen molar-refractivity contribution < 1.29 is 14.3 Å². The van der Waals surface area contributed by atoms with Gasteiger partial charge in [-0.3, -0.25) is 4.79 Å². The molecule has 7 heteroatoms. The van der Waals surface area contributed by atoms with E-state index in [0.29, 0.717) is 16.5 Å². The largest absolute Gasteiger partial charge is 0.490 e. The van der Waals surface area contributed by atoms with E-state index in [-0.39, 0.29) is 24.5 Å². The van der Waals surface area contributed by atoms with Crippen LogP contribution in [0.4, 0.5) is 0 Å². The number of aromatic nitrogens is 2. The molecule has 0 N–H and O–H groups in total. The zero-order valence-electron chi connectivity index (χ0n) is 13.4. The number of carbonyl (C=O) groups is 1. The average molecular weight is 403 g/mol. The smallest absolute Gasteiger partial charge is 0.359 e. The maximum absolute atomic E-state index is 12.3. The first kappa shape index (κ1) is 17.2. The van der Waals surface area contributed by atoms with Gasteiger partial charge in [-0.1, -0.05) is 40.2 Å². The number of benzene rings is 2. The van der Waals surface area contributed by atoms with Gasteiger partial charge in [-0.05, 0) is 24.3 Å². The Morgan fingerprint density at radius 2 is 1.88 bits per heavy atom. The number of carbonyl (C=O) groups excluding carboxylic acids is 1. The SMILES string of the molecule is Cn1nc(C(=O)OCCOc2cccc(Br)c2)c2ccccc2c1=O. The molecule has 1 aromatic heterocycles. The van der Waals surface area contributed by atoms with Crippen molar-refractivity contribution in [1.29, 1.82) is 0 Å². The number of rotatable bonds is 5. The average Bonchev–Trinajstić information content (AvgIpc) is 2.62. The van der Waals surface area contributed by atoms with Crippen molar-refractivity contribution >= 4 is 32.7 Å². The van der Waals surface area contributed by atoms with Crippen LogP contribution in [0.3, 0.4) is 0 Å². The summed E-state index contributed by atoms with van der Waals surface area (Å²) in [6.45, 7) is 0.288. The van der Waals surface area contributed by atoms with E-state index in [9.17, 15) is 9.59 Å². The lowest BCUT2D eigenvalue weighted by atomic mass is 10.1. The molecular weight excluding hydrogens is 388 g/mol. The lowest BCUT2D eigenvalue weighted by molar-refractivity contribution is 0.0443. The topological polar surface area (TPSA) is 70.4 Å². The first-order valence-electron chi connectivity index (χ1n) is 7.58. The molecule has 0 saturated heterocycles. The molecule has 2 aromatic carbocycles. The minimum atomic E-state index is -0.593. The summed E-state index contributed by atoms with van der Waals surface area (Å²) in [7, 11) is 1.50. The van der Waals surface area contributed by atoms with Crippen LogP contribution in [0.2, 0.25) is 0 Å². The van der Waals surface area contributed by atoms with E-state index in [4.69, 9.17) is 9.47 Å². The third kappa shape index (κ3) is 3.88. The molecule has 25 heavy (non-hydrogen) atoms. The number of hydrogen-bond donors (Lipinski definition) is 0. The van der Waals surface area contributed by atoms with Crippen LogP contribution in [0.5, 0.6) is 5.75 Å². The summed E-state index contributed by atoms with van der Waals surface area (Å²) in [5.74, 6) is 0.0840. The van der Waals surface area contributed by atoms with Gasteiger partial charge in [-0.25, -0.2) is 9.48 Å². The molecule has 0 spiro atoms. The molecular formula is C18H15BrN2O4. The summed E-state index contributed by atoms with van der Waals surface area (Å²) in [5.41, 5.74) is -0.148. The van der Waals surface area contributed by atoms with Gasteiger partial charge in [0.25, 0.3) is 5.56 Å². The molecule has 6 nitrogen and oxygen atoms in total. The third-order valence-corrected chi connectivity index (χ3v) is 4.02. The minimum absolute atomic E-state index is 0.0736. The molecule has 0 aliphatic heterocycles. The summed E-state index contributed by atoms with van der Waals surface area (Å²) in [6, 6.07) is 14.2. The molecule has 0 unspecified atom stereocenters. The lowest BCUT2D eigenvalue weighted by Gasteiger charge is -2.09. The Labute approximate surface area is 152 Å². The monoisotopic (exact) mass is 402 g/mol. The van der Waals surface area contributed by atoms with Crippen molar-refractivity contribution in [3.63, 3.8) is 0 Å². The number of halogens is 1. The van der Waals surface area contributed by atoms with Gasteiger partial charge < -0.3 is 9.47 Å². The van der Waals surface area contributed by atoms with Gasteiger partial charge in [-0.2, -0.15) is 5.10 Å². The van der Waals surface area contributed by atoms with E-state index in [0.717, 1.165) is 9.15 Å². The summed E-state index contributed by atoms with van der Waals surface area (Å²) in [6.07, 6.45) is 0. The standard InChI is InChI=1S/C18H15BrN2O4/c1-21-17(22)15-8-3-2-7-14(15)16(20-21)18(23)25-10-9-24-13-6-4-5-12(19)11-13/h2-8,11H,9-10H2,1H3. The van der Waals surface area contributed by atoms with Crippen LogP contribution in [0.15, 0.2) is 57.8 Å². The van der Waals surface area contributed by atoms with Crippen molar-refractivity contribution in [2.75, 3.05) is 13.2 Å². The van der Waals surface area contributed by atoms with Crippen LogP contribution in [0.1, 0.15) is 10.5 Å². The maximum atomic E-state index is 12.3. The number of hydrogen-bond acceptors (Lipinski definition) is 5. The molecule has 0 radical (unpaired) electrons. The molecule has 0 saturated carbocycles. The predicted molar refractivity (Wildman–Crippen MR) is 96.9 cm³/mol. The van der Waals surface area contributed by atoms with E-state index >= 15 is 0 Å². The van der Waals surface area contributed by atoms with Gasteiger partial charge in [0.2, 0.25) is 0 Å². The highest BCUT2D eigenvalue weighted by Gasteiger charge is 2.16. The van der Waals surface area contributed by atoms with Crippen LogP contribution in [-0.2, 0) is 11.8 Å². The molecule has 0 bridgehead atoms. The normalized spacial score (nSPS) is 10.6. The first-order valence-corrected chi connectivity index (χ1v) is 8.37. The van der Waals surface area contributed by atoms with E-state index in [1.807, 2.05) is 24.3 Å². The van der Waals surface area contributed by atoms with Gasteiger partial charge in [0.05, 0.1) is 5.39 Å². The van der Waals surface area contributed by atoms with Crippen LogP contribution in [0.25, 0.3) is 10.8 Å². The van der Waals surface area contributed by atoms with Crippen LogP contribution < -0.4 is 10.3 Å². The quantitative estimate of drug-likeness (QED) is 0.484. The summed E-state index contributed by atoms with van der Waals surface area (Å²) in [5, 5.41) is 4.94. The number of ether oxygens (including phenoxy) is 2. The summed E-state index contributed by atoms with van der Waals surface area (Å²) in [4.78, 5) is 24.4. The molecule has 0 aliphatic carbocycles. The Kier molecular flexibility index (Phi) is 5.14. The Morgan fingerprint density at radius 1 is 1.12 bits per heavy atom. The van der Waals surface area contributed by atoms with Crippen molar-refractivity contribution in [3.05, 3.63) is 69.1 Å². The summed E-state index contributed by atoms with van der Waals surface area (Å²) < 4.78 is 12.8. The highest BCUT2D eigenvalue weighted by atomic mass is 79.9. The fraction of sp³-hybridized carbons (Fsp3) is 0.167. The Bertz CT molecular complexity index is 984. The van der Waals surface area contributed by atoms with Crippen molar-refractivity contribution in [2.45, 2.75) is 0 Å². The first-order chi connectivity index (χ1) is 12.1. The fourth-order valence-corrected chi connectivity index (χ4v) is 2.75. The molecule has 0 aliphatic rings. The predicted octanol–water partition coefficient (Wildman–Crippen LogP) is 2.93. The summed E-state index contributed by atoms with van der Waals surface area (Å²) >= 11 is 3.36. The molecule has 3 rings (SSSR count). The lowest BCUT2D eigenvalue weighted by Crippen LogP contribution is -2.24. The molecule has 1 heterocycles. The third-order valence-electron chi connectivity index (χ3n) is 3.53. The number of aryl methyl sites for hydroxylation is 1. The van der Waals surface area contributed by atoms with Gasteiger partial charge >= 0.3 is 5.97 Å². The van der Waals surface area contributed by atoms with E-state index < -0.39 is 5.97 Å². The second-order valence-corrected chi connectivity index (χ2v) is 6.18. The van der Waals surface area contributed by atoms with Crippen molar-refractivity contribution in [2.24, 2.45) is 7.05 Å². The zero-order valence-corrected chi connectivity index (χ0v) is 15.0.